The van der Waals surface area contributed by atoms with Crippen LogP contribution in [0.4, 0.5) is 0 Å². The first-order valence-electron chi connectivity index (χ1n) is 20.9. The molecule has 7 aromatic carbocycles. The summed E-state index contributed by atoms with van der Waals surface area (Å²) in [7, 11) is 0. The molecule has 5 aliphatic carbocycles. The van der Waals surface area contributed by atoms with Gasteiger partial charge in [0.2, 0.25) is 0 Å². The first-order chi connectivity index (χ1) is 28.2. The van der Waals surface area contributed by atoms with Gasteiger partial charge in [0, 0.05) is 32.6 Å². The molecule has 57 heavy (non-hydrogen) atoms. The molecule has 4 fully saturated rings. The minimum absolute atomic E-state index is 0.142. The summed E-state index contributed by atoms with van der Waals surface area (Å²) in [6.07, 6.45) is 7.05. The van der Waals surface area contributed by atoms with E-state index in [-0.39, 0.29) is 5.41 Å². The van der Waals surface area contributed by atoms with Gasteiger partial charge in [0.05, 0.1) is 22.1 Å². The molecule has 3 heterocycles. The fourth-order valence-electron chi connectivity index (χ4n) is 13.0. The Bertz CT molecular complexity index is 3280. The maximum Gasteiger partial charge on any atom is 0.307 e. The zero-order valence-electron chi connectivity index (χ0n) is 31.5. The molecule has 4 heteroatoms. The summed E-state index contributed by atoms with van der Waals surface area (Å²) in [6, 6.07) is 57.0. The topological polar surface area (TPSA) is 35.9 Å². The van der Waals surface area contributed by atoms with Crippen LogP contribution in [0.1, 0.15) is 43.2 Å². The second-order valence-corrected chi connectivity index (χ2v) is 17.6. The lowest BCUT2D eigenvalue weighted by molar-refractivity contribution is -0.0399. The minimum Gasteiger partial charge on any atom is -0.423 e. The summed E-state index contributed by atoms with van der Waals surface area (Å²) in [5, 5.41) is 4.94. The van der Waals surface area contributed by atoms with Crippen molar-refractivity contribution >= 4 is 54.7 Å². The number of oxazole rings is 1. The van der Waals surface area contributed by atoms with E-state index >= 15 is 0 Å². The Labute approximate surface area is 330 Å². The van der Waals surface area contributed by atoms with Crippen LogP contribution in [-0.2, 0) is 5.41 Å². The van der Waals surface area contributed by atoms with Gasteiger partial charge in [0.15, 0.2) is 5.58 Å². The van der Waals surface area contributed by atoms with Crippen molar-refractivity contribution in [3.63, 3.8) is 0 Å². The Kier molecular flexibility index (Phi) is 5.90. The van der Waals surface area contributed by atoms with Crippen molar-refractivity contribution in [1.29, 1.82) is 0 Å². The lowest BCUT2D eigenvalue weighted by Gasteiger charge is -2.61. The van der Waals surface area contributed by atoms with E-state index in [2.05, 4.69) is 137 Å². The van der Waals surface area contributed by atoms with E-state index in [1.54, 1.807) is 11.1 Å². The van der Waals surface area contributed by atoms with Crippen LogP contribution in [0.25, 0.3) is 88.7 Å². The van der Waals surface area contributed by atoms with E-state index in [0.717, 1.165) is 45.8 Å². The SMILES string of the molecule is c1ccc2c(c1)-c1ccc(-n3c4ccccc4c4cc(-c5ccc6c(c5)c5ccccc5n6-c5nc6ccccc6o5)ccc43)cc1C21C2CC3CC(C2)CC1C3. The molecule has 3 aromatic heterocycles. The zero-order valence-corrected chi connectivity index (χ0v) is 31.5. The number of aromatic nitrogens is 3. The van der Waals surface area contributed by atoms with Crippen LogP contribution < -0.4 is 0 Å². The third-order valence-electron chi connectivity index (χ3n) is 14.9. The molecule has 4 saturated carbocycles. The van der Waals surface area contributed by atoms with E-state index in [4.69, 9.17) is 9.40 Å². The van der Waals surface area contributed by atoms with Crippen LogP contribution in [-0.4, -0.2) is 14.1 Å². The monoisotopic (exact) mass is 733 g/mol. The van der Waals surface area contributed by atoms with Gasteiger partial charge in [0.25, 0.3) is 0 Å². The number of para-hydroxylation sites is 4. The summed E-state index contributed by atoms with van der Waals surface area (Å²) in [5.74, 6) is 3.34. The molecule has 0 amide bonds. The third-order valence-corrected chi connectivity index (χ3v) is 14.9. The standard InChI is InChI=1S/C53H39N3O/c1-4-12-44-38(9-1)39-20-19-37(30-45(39)53(44)35-24-31-23-32(26-35)27-36(53)25-31)55-47-14-6-2-10-40(47)42-28-33(17-21-49(42)55)34-18-22-50-43(29-34)41-11-3-7-15-48(41)56(50)52-54-46-13-5-8-16-51(46)57-52/h1-22,28-32,35-36H,23-27H2. The smallest absolute Gasteiger partial charge is 0.307 e. The molecule has 10 aromatic rings. The highest BCUT2D eigenvalue weighted by molar-refractivity contribution is 6.12. The number of hydrogen-bond donors (Lipinski definition) is 0. The Morgan fingerprint density at radius 3 is 1.77 bits per heavy atom. The minimum atomic E-state index is 0.142. The summed E-state index contributed by atoms with van der Waals surface area (Å²) >= 11 is 0. The van der Waals surface area contributed by atoms with Gasteiger partial charge in [-0.1, -0.05) is 91.0 Å². The Morgan fingerprint density at radius 1 is 0.474 bits per heavy atom. The molecule has 0 atom stereocenters. The predicted octanol–water partition coefficient (Wildman–Crippen LogP) is 13.4. The van der Waals surface area contributed by atoms with Gasteiger partial charge in [-0.25, -0.2) is 0 Å². The second kappa shape index (κ2) is 10.9. The number of benzene rings is 7. The van der Waals surface area contributed by atoms with Crippen LogP contribution in [0.5, 0.6) is 0 Å². The number of rotatable bonds is 3. The maximum atomic E-state index is 6.32. The van der Waals surface area contributed by atoms with Gasteiger partial charge < -0.3 is 8.98 Å². The van der Waals surface area contributed by atoms with Crippen molar-refractivity contribution < 1.29 is 4.42 Å². The van der Waals surface area contributed by atoms with Crippen molar-refractivity contribution in [2.45, 2.75) is 37.5 Å². The molecule has 0 saturated heterocycles. The first-order valence-corrected chi connectivity index (χ1v) is 20.9. The van der Waals surface area contributed by atoms with Crippen LogP contribution in [0.3, 0.4) is 0 Å². The third kappa shape index (κ3) is 3.96. The largest absolute Gasteiger partial charge is 0.423 e. The summed E-state index contributed by atoms with van der Waals surface area (Å²) in [5.41, 5.74) is 16.3. The van der Waals surface area contributed by atoms with Gasteiger partial charge in [0.1, 0.15) is 5.52 Å². The average Bonchev–Trinajstić information content (AvgIpc) is 3.99. The van der Waals surface area contributed by atoms with E-state index in [1.165, 1.54) is 92.6 Å². The summed E-state index contributed by atoms with van der Waals surface area (Å²) in [4.78, 5) is 4.89. The Balaban J connectivity index is 0.934. The quantitative estimate of drug-likeness (QED) is 0.181. The molecular formula is C53H39N3O. The highest BCUT2D eigenvalue weighted by atomic mass is 16.4. The van der Waals surface area contributed by atoms with E-state index in [0.29, 0.717) is 6.01 Å². The first kappa shape index (κ1) is 30.8. The molecule has 272 valence electrons. The van der Waals surface area contributed by atoms with Crippen LogP contribution in [0.15, 0.2) is 156 Å². The molecular weight excluding hydrogens is 695 g/mol. The van der Waals surface area contributed by atoms with Crippen molar-refractivity contribution in [2.75, 3.05) is 0 Å². The Hall–Kier alpha value is -6.39. The molecule has 4 nitrogen and oxygen atoms in total. The fourth-order valence-corrected chi connectivity index (χ4v) is 13.0. The van der Waals surface area contributed by atoms with Crippen molar-refractivity contribution in [1.82, 2.24) is 14.1 Å². The molecule has 1 spiro atoms. The van der Waals surface area contributed by atoms with E-state index < -0.39 is 0 Å². The van der Waals surface area contributed by atoms with Gasteiger partial charge >= 0.3 is 6.01 Å². The summed E-state index contributed by atoms with van der Waals surface area (Å²) < 4.78 is 11.0. The average molecular weight is 734 g/mol. The van der Waals surface area contributed by atoms with E-state index in [9.17, 15) is 0 Å². The van der Waals surface area contributed by atoms with Crippen molar-refractivity contribution in [3.8, 4) is 34.0 Å². The lowest BCUT2D eigenvalue weighted by Crippen LogP contribution is -2.55. The van der Waals surface area contributed by atoms with Gasteiger partial charge in [-0.3, -0.25) is 4.57 Å². The summed E-state index contributed by atoms with van der Waals surface area (Å²) in [6.45, 7) is 0. The van der Waals surface area contributed by atoms with Crippen molar-refractivity contribution in [3.05, 3.63) is 163 Å². The molecule has 4 bridgehead atoms. The van der Waals surface area contributed by atoms with E-state index in [1.807, 2.05) is 24.3 Å². The lowest BCUT2D eigenvalue weighted by atomic mass is 9.43. The van der Waals surface area contributed by atoms with Crippen LogP contribution in [0, 0.1) is 23.7 Å². The van der Waals surface area contributed by atoms with Gasteiger partial charge in [-0.2, -0.15) is 4.98 Å². The van der Waals surface area contributed by atoms with Crippen molar-refractivity contribution in [2.24, 2.45) is 23.7 Å². The fraction of sp³-hybridized carbons (Fsp3) is 0.189. The molecule has 0 unspecified atom stereocenters. The highest BCUT2D eigenvalue weighted by Crippen LogP contribution is 2.69. The van der Waals surface area contributed by atoms with Crippen LogP contribution >= 0.6 is 0 Å². The second-order valence-electron chi connectivity index (χ2n) is 17.6. The highest BCUT2D eigenvalue weighted by Gasteiger charge is 2.61. The number of nitrogens with zero attached hydrogens (tertiary/aromatic N) is 3. The molecule has 5 aliphatic rings. The van der Waals surface area contributed by atoms with Gasteiger partial charge in [-0.15, -0.1) is 0 Å². The number of fused-ring (bicyclic) bond motifs is 10. The molecule has 0 aliphatic heterocycles. The number of hydrogen-bond acceptors (Lipinski definition) is 2. The zero-order chi connectivity index (χ0) is 37.0. The van der Waals surface area contributed by atoms with Gasteiger partial charge in [-0.05, 0) is 150 Å². The maximum absolute atomic E-state index is 6.32. The molecule has 15 rings (SSSR count). The molecule has 0 N–H and O–H groups in total. The van der Waals surface area contributed by atoms with Crippen LogP contribution in [0.2, 0.25) is 0 Å². The normalized spacial score (nSPS) is 23.2. The molecule has 0 radical (unpaired) electrons. The predicted molar refractivity (Wildman–Crippen MR) is 231 cm³/mol. The Morgan fingerprint density at radius 2 is 1.05 bits per heavy atom.